The van der Waals surface area contributed by atoms with Crippen LogP contribution < -0.4 is 10.3 Å². The van der Waals surface area contributed by atoms with Crippen molar-refractivity contribution < 1.29 is 14.3 Å². The van der Waals surface area contributed by atoms with E-state index in [0.717, 1.165) is 22.5 Å². The van der Waals surface area contributed by atoms with Crippen molar-refractivity contribution in [1.82, 2.24) is 0 Å². The number of rotatable bonds is 7. The standard InChI is InChI=1S/C25H24ClFN4O2/c1-15-3-6-20(31-14-19(9-10-32)29-30-31)13-22(15)25(33)21-7-5-18(12-23(21)26)28-24-8-4-17(27)11-16(24)2/h3-8,11-13,19,28,32H,9-10,14H2,1-2H3. The number of aliphatic hydroxyl groups is 1. The van der Waals surface area contributed by atoms with Gasteiger partial charge in [0.2, 0.25) is 0 Å². The molecule has 8 heteroatoms. The van der Waals surface area contributed by atoms with Crippen molar-refractivity contribution in [3.05, 3.63) is 87.7 Å². The van der Waals surface area contributed by atoms with Gasteiger partial charge in [0.1, 0.15) is 5.82 Å². The lowest BCUT2D eigenvalue weighted by molar-refractivity contribution is 0.103. The third-order valence-corrected chi connectivity index (χ3v) is 5.93. The van der Waals surface area contributed by atoms with Gasteiger partial charge in [-0.25, -0.2) is 9.40 Å². The summed E-state index contributed by atoms with van der Waals surface area (Å²) in [6, 6.07) is 15.1. The number of ketones is 1. The lowest BCUT2D eigenvalue weighted by Crippen LogP contribution is -2.21. The second-order valence-electron chi connectivity index (χ2n) is 8.06. The molecule has 170 valence electrons. The van der Waals surface area contributed by atoms with Crippen LogP contribution in [0.5, 0.6) is 0 Å². The molecule has 0 aromatic heterocycles. The first-order chi connectivity index (χ1) is 15.9. The second-order valence-corrected chi connectivity index (χ2v) is 8.47. The smallest absolute Gasteiger partial charge is 0.194 e. The Labute approximate surface area is 196 Å². The van der Waals surface area contributed by atoms with Crippen LogP contribution in [0.4, 0.5) is 21.5 Å². The first kappa shape index (κ1) is 22.9. The monoisotopic (exact) mass is 466 g/mol. The molecule has 3 aromatic carbocycles. The molecular formula is C25H24ClFN4O2. The lowest BCUT2D eigenvalue weighted by atomic mass is 9.98. The normalized spacial score (nSPS) is 15.2. The van der Waals surface area contributed by atoms with Crippen LogP contribution in [-0.4, -0.2) is 30.1 Å². The highest BCUT2D eigenvalue weighted by Crippen LogP contribution is 2.30. The van der Waals surface area contributed by atoms with Gasteiger partial charge < -0.3 is 10.4 Å². The molecule has 33 heavy (non-hydrogen) atoms. The van der Waals surface area contributed by atoms with Crippen LogP contribution in [0.3, 0.4) is 0 Å². The van der Waals surface area contributed by atoms with Crippen molar-refractivity contribution in [2.75, 3.05) is 23.5 Å². The van der Waals surface area contributed by atoms with E-state index >= 15 is 0 Å². The summed E-state index contributed by atoms with van der Waals surface area (Å²) >= 11 is 6.49. The van der Waals surface area contributed by atoms with E-state index in [1.807, 2.05) is 26.0 Å². The Bertz CT molecular complexity index is 1230. The SMILES string of the molecule is Cc1cc(F)ccc1Nc1ccc(C(=O)c2cc(N3CC(CCO)N=N3)ccc2C)c(Cl)c1. The average Bonchev–Trinajstić information content (AvgIpc) is 3.25. The predicted molar refractivity (Wildman–Crippen MR) is 128 cm³/mol. The zero-order valence-electron chi connectivity index (χ0n) is 18.3. The number of nitrogens with zero attached hydrogens (tertiary/aromatic N) is 3. The molecule has 0 saturated heterocycles. The highest BCUT2D eigenvalue weighted by Gasteiger charge is 2.22. The lowest BCUT2D eigenvalue weighted by Gasteiger charge is -2.16. The van der Waals surface area contributed by atoms with E-state index in [1.54, 1.807) is 35.3 Å². The molecule has 1 heterocycles. The Hall–Kier alpha value is -3.29. The van der Waals surface area contributed by atoms with Crippen LogP contribution in [0.1, 0.15) is 33.5 Å². The fraction of sp³-hybridized carbons (Fsp3) is 0.240. The van der Waals surface area contributed by atoms with Crippen molar-refractivity contribution in [2.24, 2.45) is 10.3 Å². The van der Waals surface area contributed by atoms with Gasteiger partial charge in [0, 0.05) is 29.1 Å². The van der Waals surface area contributed by atoms with E-state index in [1.165, 1.54) is 12.1 Å². The topological polar surface area (TPSA) is 77.3 Å². The Balaban J connectivity index is 1.56. The maximum Gasteiger partial charge on any atom is 0.194 e. The summed E-state index contributed by atoms with van der Waals surface area (Å²) in [5, 5.41) is 22.7. The van der Waals surface area contributed by atoms with Crippen molar-refractivity contribution in [2.45, 2.75) is 26.3 Å². The summed E-state index contributed by atoms with van der Waals surface area (Å²) in [7, 11) is 0. The molecule has 3 aromatic rings. The van der Waals surface area contributed by atoms with Gasteiger partial charge in [0.05, 0.1) is 23.3 Å². The van der Waals surface area contributed by atoms with E-state index in [-0.39, 0.29) is 24.2 Å². The Kier molecular flexibility index (Phi) is 6.72. The van der Waals surface area contributed by atoms with E-state index in [4.69, 9.17) is 16.7 Å². The number of carbonyl (C=O) groups is 1. The minimum Gasteiger partial charge on any atom is -0.396 e. The van der Waals surface area contributed by atoms with Crippen LogP contribution >= 0.6 is 11.6 Å². The molecule has 0 aliphatic carbocycles. The minimum absolute atomic E-state index is 0.0548. The number of nitrogens with one attached hydrogen (secondary N) is 1. The number of benzene rings is 3. The van der Waals surface area contributed by atoms with Crippen molar-refractivity contribution >= 4 is 34.4 Å². The number of aliphatic hydroxyl groups excluding tert-OH is 1. The molecule has 1 aliphatic rings. The maximum atomic E-state index is 13.4. The largest absolute Gasteiger partial charge is 0.396 e. The first-order valence-corrected chi connectivity index (χ1v) is 11.0. The maximum absolute atomic E-state index is 13.4. The molecule has 4 rings (SSSR count). The van der Waals surface area contributed by atoms with Crippen molar-refractivity contribution in [3.8, 4) is 0 Å². The van der Waals surface area contributed by atoms with E-state index in [9.17, 15) is 9.18 Å². The first-order valence-electron chi connectivity index (χ1n) is 10.6. The van der Waals surface area contributed by atoms with Gasteiger partial charge >= 0.3 is 0 Å². The highest BCUT2D eigenvalue weighted by atomic mass is 35.5. The molecule has 6 nitrogen and oxygen atoms in total. The van der Waals surface area contributed by atoms with Crippen LogP contribution in [0.15, 0.2) is 64.9 Å². The molecule has 0 bridgehead atoms. The Morgan fingerprint density at radius 2 is 1.94 bits per heavy atom. The summed E-state index contributed by atoms with van der Waals surface area (Å²) in [4.78, 5) is 13.3. The van der Waals surface area contributed by atoms with Gasteiger partial charge in [0.15, 0.2) is 5.78 Å². The van der Waals surface area contributed by atoms with Crippen LogP contribution in [-0.2, 0) is 0 Å². The zero-order chi connectivity index (χ0) is 23.5. The predicted octanol–water partition coefficient (Wildman–Crippen LogP) is 6.01. The molecule has 0 saturated carbocycles. The summed E-state index contributed by atoms with van der Waals surface area (Å²) in [6.07, 6.45) is 0.547. The number of carbonyl (C=O) groups excluding carboxylic acids is 1. The minimum atomic E-state index is -0.297. The van der Waals surface area contributed by atoms with E-state index in [2.05, 4.69) is 15.7 Å². The average molecular weight is 467 g/mol. The third kappa shape index (κ3) is 5.05. The summed E-state index contributed by atoms with van der Waals surface area (Å²) in [5.74, 6) is -0.485. The fourth-order valence-electron chi connectivity index (χ4n) is 3.72. The fourth-order valence-corrected chi connectivity index (χ4v) is 3.99. The summed E-state index contributed by atoms with van der Waals surface area (Å²) in [5.41, 5.74) is 4.73. The molecule has 0 spiro atoms. The molecule has 0 fully saturated rings. The van der Waals surface area contributed by atoms with Gasteiger partial charge in [-0.2, -0.15) is 5.11 Å². The summed E-state index contributed by atoms with van der Waals surface area (Å²) < 4.78 is 13.4. The van der Waals surface area contributed by atoms with Crippen LogP contribution in [0, 0.1) is 19.7 Å². The number of hydrogen-bond acceptors (Lipinski definition) is 6. The van der Waals surface area contributed by atoms with Crippen molar-refractivity contribution in [3.63, 3.8) is 0 Å². The van der Waals surface area contributed by atoms with E-state index < -0.39 is 0 Å². The Morgan fingerprint density at radius 1 is 1.12 bits per heavy atom. The van der Waals surface area contributed by atoms with Crippen molar-refractivity contribution in [1.29, 1.82) is 0 Å². The quantitative estimate of drug-likeness (QED) is 0.418. The van der Waals surface area contributed by atoms with Crippen LogP contribution in [0.25, 0.3) is 0 Å². The van der Waals surface area contributed by atoms with Gasteiger partial charge in [-0.15, -0.1) is 0 Å². The third-order valence-electron chi connectivity index (χ3n) is 5.61. The number of halogens is 2. The van der Waals surface area contributed by atoms with Gasteiger partial charge in [-0.1, -0.05) is 22.9 Å². The molecule has 2 N–H and O–H groups in total. The molecule has 0 amide bonds. The molecule has 1 aliphatic heterocycles. The zero-order valence-corrected chi connectivity index (χ0v) is 19.1. The number of aryl methyl sites for hydroxylation is 2. The number of anilines is 3. The van der Waals surface area contributed by atoms with E-state index in [0.29, 0.717) is 34.8 Å². The molecule has 1 atom stereocenters. The number of hydrogen-bond donors (Lipinski definition) is 2. The molecule has 0 radical (unpaired) electrons. The van der Waals surface area contributed by atoms with Gasteiger partial charge in [-0.3, -0.25) is 4.79 Å². The molecule has 1 unspecified atom stereocenters. The molecular weight excluding hydrogens is 443 g/mol. The van der Waals surface area contributed by atoms with Crippen LogP contribution in [0.2, 0.25) is 5.02 Å². The van der Waals surface area contributed by atoms with Gasteiger partial charge in [-0.05, 0) is 79.9 Å². The highest BCUT2D eigenvalue weighted by molar-refractivity contribution is 6.35. The van der Waals surface area contributed by atoms with Gasteiger partial charge in [0.25, 0.3) is 0 Å². The summed E-state index contributed by atoms with van der Waals surface area (Å²) in [6.45, 7) is 4.30. The second kappa shape index (κ2) is 9.68. The Morgan fingerprint density at radius 3 is 2.67 bits per heavy atom.